The Kier molecular flexibility index (Phi) is 7.95. The number of anilines is 2. The van der Waals surface area contributed by atoms with E-state index < -0.39 is 43.3 Å². The average molecular weight is 465 g/mol. The van der Waals surface area contributed by atoms with Crippen LogP contribution in [0, 0.1) is 23.5 Å². The van der Waals surface area contributed by atoms with Gasteiger partial charge in [0.15, 0.2) is 10.7 Å². The Labute approximate surface area is 179 Å². The van der Waals surface area contributed by atoms with Crippen molar-refractivity contribution in [1.82, 2.24) is 4.98 Å². The second-order valence-electron chi connectivity index (χ2n) is 7.37. The van der Waals surface area contributed by atoms with Gasteiger partial charge in [-0.1, -0.05) is 38.4 Å². The first-order chi connectivity index (χ1) is 13.9. The van der Waals surface area contributed by atoms with E-state index in [-0.39, 0.29) is 5.69 Å². The van der Waals surface area contributed by atoms with Crippen LogP contribution < -0.4 is 15.4 Å². The van der Waals surface area contributed by atoms with E-state index in [0.717, 1.165) is 24.6 Å². The van der Waals surface area contributed by atoms with Crippen molar-refractivity contribution in [3.63, 3.8) is 0 Å². The molecule has 1 fully saturated rings. The third-order valence-electron chi connectivity index (χ3n) is 4.08. The van der Waals surface area contributed by atoms with E-state index in [0.29, 0.717) is 25.0 Å². The summed E-state index contributed by atoms with van der Waals surface area (Å²) in [5.74, 6) is -3.70. The van der Waals surface area contributed by atoms with E-state index >= 15 is 0 Å². The maximum absolute atomic E-state index is 14.6. The molecule has 1 unspecified atom stereocenters. The van der Waals surface area contributed by atoms with Crippen LogP contribution in [0.5, 0.6) is 0 Å². The number of nitrogens with zero attached hydrogens (tertiary/aromatic N) is 2. The molecule has 6 nitrogen and oxygen atoms in total. The Morgan fingerprint density at radius 2 is 1.93 bits per heavy atom. The molecular weight excluding hydrogens is 441 g/mol. The number of nitrogens with two attached hydrogens (primary N) is 1. The molecule has 0 bridgehead atoms. The number of hydrogen-bond donors (Lipinski definition) is 2. The van der Waals surface area contributed by atoms with Crippen molar-refractivity contribution in [2.45, 2.75) is 38.1 Å². The van der Waals surface area contributed by atoms with Crippen LogP contribution in [0.4, 0.5) is 24.7 Å². The largest absolute Gasteiger partial charge is 0.370 e. The number of rotatable bonds is 4. The summed E-state index contributed by atoms with van der Waals surface area (Å²) >= 11 is 5.98. The molecule has 0 aliphatic carbocycles. The van der Waals surface area contributed by atoms with Gasteiger partial charge in [-0.3, -0.25) is 4.72 Å². The van der Waals surface area contributed by atoms with Crippen molar-refractivity contribution < 1.29 is 21.6 Å². The predicted octanol–water partition coefficient (Wildman–Crippen LogP) is 4.15. The Bertz CT molecular complexity index is 1000. The minimum atomic E-state index is -4.70. The van der Waals surface area contributed by atoms with Gasteiger partial charge < -0.3 is 10.6 Å². The van der Waals surface area contributed by atoms with E-state index in [1.54, 1.807) is 4.90 Å². The Balaban J connectivity index is 0.000000735. The fourth-order valence-corrected chi connectivity index (χ4v) is 4.32. The molecule has 3 rings (SSSR count). The number of aromatic nitrogens is 1. The highest BCUT2D eigenvalue weighted by Gasteiger charge is 2.31. The monoisotopic (exact) mass is 464 g/mol. The van der Waals surface area contributed by atoms with Crippen LogP contribution in [0.3, 0.4) is 0 Å². The van der Waals surface area contributed by atoms with E-state index in [2.05, 4.69) is 4.98 Å². The number of pyridine rings is 1. The highest BCUT2D eigenvalue weighted by Crippen LogP contribution is 2.37. The molecule has 11 heteroatoms. The topological polar surface area (TPSA) is 88.3 Å². The highest BCUT2D eigenvalue weighted by molar-refractivity contribution is 7.92. The molecule has 166 valence electrons. The fraction of sp³-hybridized carbons (Fsp3) is 0.421. The Morgan fingerprint density at radius 1 is 1.30 bits per heavy atom. The van der Waals surface area contributed by atoms with Crippen LogP contribution in [0.15, 0.2) is 29.2 Å². The molecule has 0 radical (unpaired) electrons. The number of halogens is 4. The van der Waals surface area contributed by atoms with Crippen molar-refractivity contribution in [3.05, 3.63) is 46.9 Å². The first-order valence-electron chi connectivity index (χ1n) is 9.25. The second-order valence-corrected chi connectivity index (χ2v) is 9.37. The van der Waals surface area contributed by atoms with Crippen LogP contribution in [0.25, 0.3) is 0 Å². The van der Waals surface area contributed by atoms with Gasteiger partial charge in [-0.05, 0) is 30.5 Å². The normalized spacial score (nSPS) is 16.4. The van der Waals surface area contributed by atoms with Crippen molar-refractivity contribution >= 4 is 33.1 Å². The van der Waals surface area contributed by atoms with Crippen molar-refractivity contribution in [2.75, 3.05) is 22.7 Å². The standard InChI is InChI=1S/C16H15ClF3N3O2S.C3H9N/c1-9-5-6-23(8-9)11-7-10(18)16(15(20)14(11)17)26(24,25)22-13-4-2-3-12(19)21-13;1-3(2)4/h2-4,7,9H,5-6,8H2,1H3,(H,21,22);3H,4H2,1-2H3. The molecule has 0 spiro atoms. The van der Waals surface area contributed by atoms with Gasteiger partial charge in [-0.25, -0.2) is 22.2 Å². The molecule has 0 saturated carbocycles. The van der Waals surface area contributed by atoms with Crippen LogP contribution >= 0.6 is 11.6 Å². The molecule has 3 N–H and O–H groups in total. The molecule has 2 aromatic rings. The van der Waals surface area contributed by atoms with E-state index in [1.165, 1.54) is 6.07 Å². The minimum absolute atomic E-state index is 0.105. The molecule has 30 heavy (non-hydrogen) atoms. The first kappa shape index (κ1) is 24.2. The molecule has 2 heterocycles. The summed E-state index contributed by atoms with van der Waals surface area (Å²) in [7, 11) is -4.70. The summed E-state index contributed by atoms with van der Waals surface area (Å²) in [4.78, 5) is 3.79. The lowest BCUT2D eigenvalue weighted by molar-refractivity contribution is 0.521. The maximum atomic E-state index is 14.6. The van der Waals surface area contributed by atoms with E-state index in [4.69, 9.17) is 17.3 Å². The molecule has 1 aliphatic rings. The Hall–Kier alpha value is -2.04. The number of hydrogen-bond acceptors (Lipinski definition) is 5. The van der Waals surface area contributed by atoms with Gasteiger partial charge >= 0.3 is 0 Å². The quantitative estimate of drug-likeness (QED) is 0.524. The number of nitrogens with one attached hydrogen (secondary N) is 1. The zero-order chi connectivity index (χ0) is 22.6. The lowest BCUT2D eigenvalue weighted by Crippen LogP contribution is -2.22. The molecule has 1 aromatic heterocycles. The van der Waals surface area contributed by atoms with Gasteiger partial charge in [0.1, 0.15) is 16.7 Å². The van der Waals surface area contributed by atoms with Gasteiger partial charge in [-0.2, -0.15) is 4.39 Å². The zero-order valence-electron chi connectivity index (χ0n) is 16.8. The second kappa shape index (κ2) is 9.84. The number of benzene rings is 1. The summed E-state index contributed by atoms with van der Waals surface area (Å²) in [5, 5.41) is -0.479. The van der Waals surface area contributed by atoms with Gasteiger partial charge in [0.05, 0.1) is 5.69 Å². The third kappa shape index (κ3) is 5.99. The van der Waals surface area contributed by atoms with Crippen molar-refractivity contribution in [2.24, 2.45) is 11.7 Å². The van der Waals surface area contributed by atoms with E-state index in [9.17, 15) is 21.6 Å². The SMILES string of the molecule is CC(C)N.CC1CCN(c2cc(F)c(S(=O)(=O)Nc3cccc(F)n3)c(F)c2Cl)C1. The molecule has 1 aromatic carbocycles. The van der Waals surface area contributed by atoms with Gasteiger partial charge in [-0.15, -0.1) is 0 Å². The van der Waals surface area contributed by atoms with Gasteiger partial charge in [0.2, 0.25) is 5.95 Å². The van der Waals surface area contributed by atoms with Gasteiger partial charge in [0.25, 0.3) is 10.0 Å². The summed E-state index contributed by atoms with van der Waals surface area (Å²) < 4.78 is 68.8. The number of sulfonamides is 1. The van der Waals surface area contributed by atoms with Crippen molar-refractivity contribution in [3.8, 4) is 0 Å². The van der Waals surface area contributed by atoms with Crippen LogP contribution in [-0.2, 0) is 10.0 Å². The molecule has 0 amide bonds. The van der Waals surface area contributed by atoms with Gasteiger partial charge in [0, 0.05) is 19.2 Å². The Morgan fingerprint density at radius 3 is 2.47 bits per heavy atom. The average Bonchev–Trinajstić information content (AvgIpc) is 3.03. The van der Waals surface area contributed by atoms with Crippen LogP contribution in [0.1, 0.15) is 27.2 Å². The fourth-order valence-electron chi connectivity index (χ4n) is 2.85. The van der Waals surface area contributed by atoms with Crippen LogP contribution in [-0.4, -0.2) is 32.5 Å². The van der Waals surface area contributed by atoms with Crippen molar-refractivity contribution in [1.29, 1.82) is 0 Å². The van der Waals surface area contributed by atoms with E-state index in [1.807, 2.05) is 25.5 Å². The summed E-state index contributed by atoms with van der Waals surface area (Å²) in [5.41, 5.74) is 5.22. The third-order valence-corrected chi connectivity index (χ3v) is 5.83. The summed E-state index contributed by atoms with van der Waals surface area (Å²) in [6.07, 6.45) is 0.840. The zero-order valence-corrected chi connectivity index (χ0v) is 18.4. The molecular formula is C19H24ClF3N4O2S. The summed E-state index contributed by atoms with van der Waals surface area (Å²) in [6.45, 7) is 7.02. The predicted molar refractivity (Wildman–Crippen MR) is 112 cm³/mol. The molecule has 1 saturated heterocycles. The smallest absolute Gasteiger partial charge is 0.268 e. The summed E-state index contributed by atoms with van der Waals surface area (Å²) in [6, 6.07) is 4.59. The lowest BCUT2D eigenvalue weighted by Gasteiger charge is -2.21. The maximum Gasteiger partial charge on any atom is 0.268 e. The molecule has 1 aliphatic heterocycles. The van der Waals surface area contributed by atoms with Crippen LogP contribution in [0.2, 0.25) is 5.02 Å². The first-order valence-corrected chi connectivity index (χ1v) is 11.1. The minimum Gasteiger partial charge on any atom is -0.370 e. The lowest BCUT2D eigenvalue weighted by atomic mass is 10.2. The molecule has 1 atom stereocenters. The highest BCUT2D eigenvalue weighted by atomic mass is 35.5.